The Labute approximate surface area is 93.6 Å². The van der Waals surface area contributed by atoms with Crippen LogP contribution in [0.5, 0.6) is 0 Å². The second-order valence-electron chi connectivity index (χ2n) is 5.24. The fourth-order valence-electron chi connectivity index (χ4n) is 2.46. The Balaban J connectivity index is 2.20. The van der Waals surface area contributed by atoms with Gasteiger partial charge < -0.3 is 5.73 Å². The van der Waals surface area contributed by atoms with Gasteiger partial charge in [0.2, 0.25) is 0 Å². The van der Waals surface area contributed by atoms with Gasteiger partial charge in [-0.3, -0.25) is 4.79 Å². The third-order valence-corrected chi connectivity index (χ3v) is 3.55. The number of nitrogens with two attached hydrogens (primary N) is 1. The van der Waals surface area contributed by atoms with E-state index in [9.17, 15) is 4.79 Å². The normalized spacial score (nSPS) is 20.5. The fraction of sp³-hybridized carbons (Fsp3) is 0.923. The van der Waals surface area contributed by atoms with Crippen molar-refractivity contribution in [3.8, 4) is 0 Å². The van der Waals surface area contributed by atoms with Crippen molar-refractivity contribution in [1.29, 1.82) is 0 Å². The van der Waals surface area contributed by atoms with E-state index in [1.165, 1.54) is 32.1 Å². The third-order valence-electron chi connectivity index (χ3n) is 3.55. The molecule has 2 N–H and O–H groups in total. The van der Waals surface area contributed by atoms with Crippen molar-refractivity contribution in [1.82, 2.24) is 0 Å². The van der Waals surface area contributed by atoms with E-state index in [0.717, 1.165) is 18.8 Å². The number of carbonyl (C=O) groups excluding carboxylic acids is 1. The molecule has 0 aliphatic heterocycles. The maximum atomic E-state index is 11.6. The fourth-order valence-corrected chi connectivity index (χ4v) is 2.46. The van der Waals surface area contributed by atoms with Crippen molar-refractivity contribution in [2.24, 2.45) is 17.6 Å². The Morgan fingerprint density at radius 3 is 2.40 bits per heavy atom. The summed E-state index contributed by atoms with van der Waals surface area (Å²) in [5.41, 5.74) is 5.89. The summed E-state index contributed by atoms with van der Waals surface area (Å²) in [6, 6.07) is -0.216. The average Bonchev–Trinajstić information content (AvgIpc) is 2.26. The molecule has 1 rings (SSSR count). The molecule has 0 aromatic heterocycles. The summed E-state index contributed by atoms with van der Waals surface area (Å²) in [5, 5.41) is 0. The van der Waals surface area contributed by atoms with Gasteiger partial charge in [-0.15, -0.1) is 0 Å². The van der Waals surface area contributed by atoms with Crippen molar-refractivity contribution in [2.45, 2.75) is 64.8 Å². The Kier molecular flexibility index (Phi) is 5.30. The molecule has 1 saturated carbocycles. The topological polar surface area (TPSA) is 43.1 Å². The monoisotopic (exact) mass is 211 g/mol. The van der Waals surface area contributed by atoms with Crippen LogP contribution in [-0.2, 0) is 4.79 Å². The van der Waals surface area contributed by atoms with Crippen LogP contribution in [0.2, 0.25) is 0 Å². The molecule has 0 heterocycles. The van der Waals surface area contributed by atoms with Gasteiger partial charge in [0.1, 0.15) is 0 Å². The molecule has 0 aromatic rings. The summed E-state index contributed by atoms with van der Waals surface area (Å²) in [6.45, 7) is 3.87. The lowest BCUT2D eigenvalue weighted by Crippen LogP contribution is -2.34. The number of Topliss-reactive ketones (excluding diaryl/α,β-unsaturated/α-hetero) is 1. The Morgan fingerprint density at radius 2 is 1.87 bits per heavy atom. The minimum absolute atomic E-state index is 0.0892. The van der Waals surface area contributed by atoms with E-state index in [4.69, 9.17) is 5.73 Å². The molecular formula is C13H25NO. The van der Waals surface area contributed by atoms with Crippen LogP contribution in [0.4, 0.5) is 0 Å². The second kappa shape index (κ2) is 6.26. The third kappa shape index (κ3) is 4.33. The van der Waals surface area contributed by atoms with E-state index < -0.39 is 0 Å². The van der Waals surface area contributed by atoms with Crippen molar-refractivity contribution in [2.75, 3.05) is 0 Å². The van der Waals surface area contributed by atoms with Gasteiger partial charge in [0.05, 0.1) is 6.04 Å². The van der Waals surface area contributed by atoms with E-state index in [1.54, 1.807) is 0 Å². The van der Waals surface area contributed by atoms with Crippen LogP contribution >= 0.6 is 0 Å². The molecule has 1 unspecified atom stereocenters. The van der Waals surface area contributed by atoms with Gasteiger partial charge in [-0.1, -0.05) is 46.0 Å². The van der Waals surface area contributed by atoms with Crippen LogP contribution in [0.15, 0.2) is 0 Å². The summed E-state index contributed by atoms with van der Waals surface area (Å²) >= 11 is 0. The first-order valence-electron chi connectivity index (χ1n) is 6.40. The lowest BCUT2D eigenvalue weighted by atomic mass is 9.84. The minimum atomic E-state index is -0.216. The first-order valence-corrected chi connectivity index (χ1v) is 6.40. The Hall–Kier alpha value is -0.370. The lowest BCUT2D eigenvalue weighted by molar-refractivity contribution is -0.123. The van der Waals surface area contributed by atoms with Gasteiger partial charge in [0, 0.05) is 5.92 Å². The van der Waals surface area contributed by atoms with Gasteiger partial charge in [0.25, 0.3) is 0 Å². The maximum absolute atomic E-state index is 11.6. The van der Waals surface area contributed by atoms with Gasteiger partial charge in [-0.05, 0) is 18.8 Å². The van der Waals surface area contributed by atoms with E-state index in [0.29, 0.717) is 0 Å². The molecule has 2 heteroatoms. The molecule has 0 spiro atoms. The van der Waals surface area contributed by atoms with Gasteiger partial charge in [-0.2, -0.15) is 0 Å². The van der Waals surface area contributed by atoms with Crippen molar-refractivity contribution in [3.05, 3.63) is 0 Å². The largest absolute Gasteiger partial charge is 0.321 e. The zero-order valence-electron chi connectivity index (χ0n) is 10.2. The molecule has 2 nitrogen and oxygen atoms in total. The smallest absolute Gasteiger partial charge is 0.152 e. The van der Waals surface area contributed by atoms with Crippen molar-refractivity contribution >= 4 is 5.78 Å². The van der Waals surface area contributed by atoms with Gasteiger partial charge >= 0.3 is 0 Å². The van der Waals surface area contributed by atoms with E-state index in [2.05, 4.69) is 0 Å². The summed E-state index contributed by atoms with van der Waals surface area (Å²) < 4.78 is 0. The van der Waals surface area contributed by atoms with Crippen LogP contribution in [0.25, 0.3) is 0 Å². The van der Waals surface area contributed by atoms with Crippen LogP contribution < -0.4 is 5.73 Å². The second-order valence-corrected chi connectivity index (χ2v) is 5.24. The molecule has 88 valence electrons. The summed E-state index contributed by atoms with van der Waals surface area (Å²) in [7, 11) is 0. The number of hydrogen-bond acceptors (Lipinski definition) is 2. The van der Waals surface area contributed by atoms with Crippen molar-refractivity contribution in [3.63, 3.8) is 0 Å². The molecule has 1 fully saturated rings. The average molecular weight is 211 g/mol. The highest BCUT2D eigenvalue weighted by molar-refractivity contribution is 5.85. The predicted molar refractivity (Wildman–Crippen MR) is 63.6 cm³/mol. The first-order chi connectivity index (χ1) is 7.11. The summed E-state index contributed by atoms with van der Waals surface area (Å²) in [4.78, 5) is 11.6. The molecule has 0 bridgehead atoms. The standard InChI is InChI=1S/C13H25NO/c1-10(2)13(15)12(14)9-8-11-6-4-3-5-7-11/h10-12H,3-9,14H2,1-2H3. The predicted octanol–water partition coefficient (Wildman–Crippen LogP) is 2.90. The van der Waals surface area contributed by atoms with Gasteiger partial charge in [0.15, 0.2) is 5.78 Å². The lowest BCUT2D eigenvalue weighted by Gasteiger charge is -2.23. The molecule has 15 heavy (non-hydrogen) atoms. The van der Waals surface area contributed by atoms with Crippen LogP contribution in [0.1, 0.15) is 58.8 Å². The SMILES string of the molecule is CC(C)C(=O)C(N)CCC1CCCCC1. The number of ketones is 1. The Bertz CT molecular complexity index is 195. The molecule has 1 aliphatic rings. The number of rotatable bonds is 5. The molecule has 0 saturated heterocycles. The number of carbonyl (C=O) groups is 1. The maximum Gasteiger partial charge on any atom is 0.152 e. The molecule has 0 aromatic carbocycles. The summed E-state index contributed by atoms with van der Waals surface area (Å²) in [5.74, 6) is 1.15. The zero-order chi connectivity index (χ0) is 11.3. The highest BCUT2D eigenvalue weighted by atomic mass is 16.1. The molecule has 0 radical (unpaired) electrons. The van der Waals surface area contributed by atoms with Crippen molar-refractivity contribution < 1.29 is 4.79 Å². The highest BCUT2D eigenvalue weighted by Crippen LogP contribution is 2.27. The van der Waals surface area contributed by atoms with Gasteiger partial charge in [-0.25, -0.2) is 0 Å². The van der Waals surface area contributed by atoms with E-state index in [-0.39, 0.29) is 17.7 Å². The van der Waals surface area contributed by atoms with E-state index >= 15 is 0 Å². The van der Waals surface area contributed by atoms with Crippen LogP contribution in [0, 0.1) is 11.8 Å². The quantitative estimate of drug-likeness (QED) is 0.760. The first kappa shape index (κ1) is 12.7. The molecular weight excluding hydrogens is 186 g/mol. The molecule has 1 atom stereocenters. The van der Waals surface area contributed by atoms with E-state index in [1.807, 2.05) is 13.8 Å². The van der Waals surface area contributed by atoms with Crippen LogP contribution in [0.3, 0.4) is 0 Å². The molecule has 0 amide bonds. The minimum Gasteiger partial charge on any atom is -0.321 e. The molecule has 1 aliphatic carbocycles. The Morgan fingerprint density at radius 1 is 1.27 bits per heavy atom. The zero-order valence-corrected chi connectivity index (χ0v) is 10.2. The summed E-state index contributed by atoms with van der Waals surface area (Å²) in [6.07, 6.45) is 8.88. The number of hydrogen-bond donors (Lipinski definition) is 1. The van der Waals surface area contributed by atoms with Crippen LogP contribution in [-0.4, -0.2) is 11.8 Å². The highest BCUT2D eigenvalue weighted by Gasteiger charge is 2.19.